The van der Waals surface area contributed by atoms with Crippen LogP contribution in [0.15, 0.2) is 18.2 Å². The lowest BCUT2D eigenvalue weighted by atomic mass is 10.3. The maximum atomic E-state index is 12.4. The zero-order chi connectivity index (χ0) is 7.56. The minimum Gasteiger partial charge on any atom is -0.323 e. The Hall–Kier alpha value is -0.360. The Bertz CT molecular complexity index is 239. The van der Waals surface area contributed by atoms with E-state index >= 15 is 0 Å². The molecule has 1 aromatic carbocycles. The largest absolute Gasteiger partial charge is 0.323 e. The van der Waals surface area contributed by atoms with Gasteiger partial charge in [0.15, 0.2) is 0 Å². The highest BCUT2D eigenvalue weighted by Gasteiger charge is 1.97. The Balaban J connectivity index is 3.07. The first-order valence-corrected chi connectivity index (χ1v) is 3.73. The Morgan fingerprint density at radius 3 is 2.70 bits per heavy atom. The summed E-state index contributed by atoms with van der Waals surface area (Å²) >= 11 is 2.00. The van der Waals surface area contributed by atoms with Crippen LogP contribution in [0, 0.1) is 9.39 Å². The number of halogens is 2. The molecule has 0 saturated carbocycles. The predicted octanol–water partition coefficient (Wildman–Crippen LogP) is 1.72. The fourth-order valence-electron chi connectivity index (χ4n) is 0.607. The van der Waals surface area contributed by atoms with E-state index in [4.69, 9.17) is 5.84 Å². The van der Waals surface area contributed by atoms with Crippen molar-refractivity contribution < 1.29 is 4.39 Å². The summed E-state index contributed by atoms with van der Waals surface area (Å²) < 4.78 is 13.2. The molecule has 2 nitrogen and oxygen atoms in total. The second-order valence-electron chi connectivity index (χ2n) is 1.77. The molecule has 0 fully saturated rings. The Labute approximate surface area is 71.7 Å². The average Bonchev–Trinajstić information content (AvgIpc) is 1.88. The highest BCUT2D eigenvalue weighted by Crippen LogP contribution is 2.17. The molecule has 0 saturated heterocycles. The fourth-order valence-corrected chi connectivity index (χ4v) is 1.24. The molecule has 0 heterocycles. The molecule has 0 aliphatic heterocycles. The first-order valence-electron chi connectivity index (χ1n) is 2.65. The summed E-state index contributed by atoms with van der Waals surface area (Å²) in [7, 11) is 0. The normalized spacial score (nSPS) is 9.50. The summed E-state index contributed by atoms with van der Waals surface area (Å²) in [6.45, 7) is 0. The third-order valence-corrected chi connectivity index (χ3v) is 1.98. The summed E-state index contributed by atoms with van der Waals surface area (Å²) in [5, 5.41) is 0. The third kappa shape index (κ3) is 1.57. The van der Waals surface area contributed by atoms with Crippen LogP contribution in [0.2, 0.25) is 0 Å². The van der Waals surface area contributed by atoms with E-state index in [0.717, 1.165) is 9.26 Å². The van der Waals surface area contributed by atoms with Gasteiger partial charge >= 0.3 is 0 Å². The quantitative estimate of drug-likeness (QED) is 0.453. The van der Waals surface area contributed by atoms with Crippen molar-refractivity contribution in [2.75, 3.05) is 5.43 Å². The molecule has 1 aromatic rings. The first-order chi connectivity index (χ1) is 4.74. The van der Waals surface area contributed by atoms with Crippen LogP contribution in [0.3, 0.4) is 0 Å². The van der Waals surface area contributed by atoms with Gasteiger partial charge in [-0.15, -0.1) is 0 Å². The fraction of sp³-hybridized carbons (Fsp3) is 0. The van der Waals surface area contributed by atoms with Crippen LogP contribution < -0.4 is 11.3 Å². The summed E-state index contributed by atoms with van der Waals surface area (Å²) in [6.07, 6.45) is 0. The monoisotopic (exact) mass is 252 g/mol. The average molecular weight is 252 g/mol. The van der Waals surface area contributed by atoms with Crippen LogP contribution in [-0.4, -0.2) is 0 Å². The van der Waals surface area contributed by atoms with Gasteiger partial charge in [0.05, 0.1) is 5.69 Å². The first kappa shape index (κ1) is 7.74. The van der Waals surface area contributed by atoms with Gasteiger partial charge in [-0.1, -0.05) is 0 Å². The molecule has 0 spiro atoms. The second-order valence-corrected chi connectivity index (χ2v) is 2.93. The number of nitrogen functional groups attached to an aromatic ring is 1. The van der Waals surface area contributed by atoms with Crippen molar-refractivity contribution in [3.05, 3.63) is 27.6 Å². The van der Waals surface area contributed by atoms with Crippen LogP contribution in [0.1, 0.15) is 0 Å². The number of rotatable bonds is 1. The molecule has 0 amide bonds. The molecular formula is C6H6FIN2. The van der Waals surface area contributed by atoms with Crippen LogP contribution >= 0.6 is 22.6 Å². The lowest BCUT2D eigenvalue weighted by Gasteiger charge is -2.01. The molecule has 0 bridgehead atoms. The molecule has 0 unspecified atom stereocenters. The smallest absolute Gasteiger partial charge is 0.124 e. The van der Waals surface area contributed by atoms with Gasteiger partial charge in [-0.05, 0) is 40.8 Å². The van der Waals surface area contributed by atoms with E-state index < -0.39 is 0 Å². The molecule has 0 aliphatic carbocycles. The maximum absolute atomic E-state index is 12.4. The van der Waals surface area contributed by atoms with Gasteiger partial charge in [0, 0.05) is 3.57 Å². The lowest BCUT2D eigenvalue weighted by Crippen LogP contribution is -2.07. The van der Waals surface area contributed by atoms with E-state index in [1.165, 1.54) is 12.1 Å². The Morgan fingerprint density at radius 1 is 1.50 bits per heavy atom. The zero-order valence-electron chi connectivity index (χ0n) is 5.07. The summed E-state index contributed by atoms with van der Waals surface area (Å²) in [5.41, 5.74) is 3.19. The number of nitrogens with two attached hydrogens (primary N) is 1. The second kappa shape index (κ2) is 3.16. The molecule has 3 N–H and O–H groups in total. The molecule has 4 heteroatoms. The van der Waals surface area contributed by atoms with Gasteiger partial charge in [-0.25, -0.2) is 4.39 Å². The van der Waals surface area contributed by atoms with E-state index in [-0.39, 0.29) is 5.82 Å². The molecule has 0 aromatic heterocycles. The highest BCUT2D eigenvalue weighted by atomic mass is 127. The predicted molar refractivity (Wildman–Crippen MR) is 46.9 cm³/mol. The van der Waals surface area contributed by atoms with Crippen molar-refractivity contribution in [1.82, 2.24) is 0 Å². The van der Waals surface area contributed by atoms with E-state index in [1.807, 2.05) is 22.6 Å². The number of hydrogen-bond acceptors (Lipinski definition) is 2. The van der Waals surface area contributed by atoms with Crippen LogP contribution in [0.25, 0.3) is 0 Å². The zero-order valence-corrected chi connectivity index (χ0v) is 7.22. The van der Waals surface area contributed by atoms with Crippen molar-refractivity contribution in [1.29, 1.82) is 0 Å². The topological polar surface area (TPSA) is 38.0 Å². The van der Waals surface area contributed by atoms with Crippen molar-refractivity contribution >= 4 is 28.3 Å². The van der Waals surface area contributed by atoms with E-state index in [0.29, 0.717) is 0 Å². The molecule has 10 heavy (non-hydrogen) atoms. The standard InChI is InChI=1S/C6H6FIN2/c7-4-1-2-6(10-9)5(8)3-4/h1-3,10H,9H2. The molecule has 0 aliphatic rings. The third-order valence-electron chi connectivity index (χ3n) is 1.09. The highest BCUT2D eigenvalue weighted by molar-refractivity contribution is 14.1. The van der Waals surface area contributed by atoms with E-state index in [9.17, 15) is 4.39 Å². The number of nitrogens with one attached hydrogen (secondary N) is 1. The summed E-state index contributed by atoms with van der Waals surface area (Å²) in [5.74, 6) is 4.88. The van der Waals surface area contributed by atoms with E-state index in [2.05, 4.69) is 5.43 Å². The maximum Gasteiger partial charge on any atom is 0.124 e. The van der Waals surface area contributed by atoms with Crippen LogP contribution in [0.5, 0.6) is 0 Å². The van der Waals surface area contributed by atoms with Gasteiger partial charge in [-0.3, -0.25) is 5.84 Å². The minimum atomic E-state index is -0.247. The molecule has 0 radical (unpaired) electrons. The Kier molecular flexibility index (Phi) is 2.44. The molecule has 0 atom stereocenters. The minimum absolute atomic E-state index is 0.247. The van der Waals surface area contributed by atoms with Gasteiger partial charge in [0.2, 0.25) is 0 Å². The molecular weight excluding hydrogens is 246 g/mol. The van der Waals surface area contributed by atoms with Gasteiger partial charge in [0.25, 0.3) is 0 Å². The van der Waals surface area contributed by atoms with Gasteiger partial charge < -0.3 is 5.43 Å². The summed E-state index contributed by atoms with van der Waals surface area (Å²) in [4.78, 5) is 0. The van der Waals surface area contributed by atoms with Crippen molar-refractivity contribution in [3.8, 4) is 0 Å². The van der Waals surface area contributed by atoms with E-state index in [1.54, 1.807) is 6.07 Å². The lowest BCUT2D eigenvalue weighted by molar-refractivity contribution is 0.627. The molecule has 54 valence electrons. The molecule has 1 rings (SSSR count). The van der Waals surface area contributed by atoms with Gasteiger partial charge in [0.1, 0.15) is 5.82 Å². The Morgan fingerprint density at radius 2 is 2.20 bits per heavy atom. The number of hydrogen-bond donors (Lipinski definition) is 2. The van der Waals surface area contributed by atoms with Gasteiger partial charge in [-0.2, -0.15) is 0 Å². The number of hydrazine groups is 1. The van der Waals surface area contributed by atoms with Crippen LogP contribution in [0.4, 0.5) is 10.1 Å². The van der Waals surface area contributed by atoms with Crippen molar-refractivity contribution in [3.63, 3.8) is 0 Å². The summed E-state index contributed by atoms with van der Waals surface area (Å²) in [6, 6.07) is 4.37. The van der Waals surface area contributed by atoms with Crippen molar-refractivity contribution in [2.24, 2.45) is 5.84 Å². The van der Waals surface area contributed by atoms with Crippen LogP contribution in [-0.2, 0) is 0 Å². The SMILES string of the molecule is NNc1ccc(F)cc1I. The number of anilines is 1. The van der Waals surface area contributed by atoms with Crippen molar-refractivity contribution in [2.45, 2.75) is 0 Å². The number of benzene rings is 1.